The van der Waals surface area contributed by atoms with Crippen LogP contribution in [0.1, 0.15) is 32.1 Å². The van der Waals surface area contributed by atoms with E-state index < -0.39 is 0 Å². The number of nitrogens with one attached hydrogen (secondary N) is 1. The Morgan fingerprint density at radius 1 is 1.25 bits per heavy atom. The lowest BCUT2D eigenvalue weighted by molar-refractivity contribution is 0.293. The molecule has 2 rings (SSSR count). The van der Waals surface area contributed by atoms with Gasteiger partial charge in [-0.3, -0.25) is 0 Å². The van der Waals surface area contributed by atoms with Gasteiger partial charge in [0.25, 0.3) is 0 Å². The van der Waals surface area contributed by atoms with Gasteiger partial charge < -0.3 is 10.2 Å². The molecule has 94 valence electrons. The second-order valence-corrected chi connectivity index (χ2v) is 5.09. The van der Waals surface area contributed by atoms with Gasteiger partial charge in [0.15, 0.2) is 0 Å². The van der Waals surface area contributed by atoms with E-state index in [0.29, 0.717) is 0 Å². The molecule has 1 aliphatic carbocycles. The number of nitrogens with zero attached hydrogens (tertiary/aromatic N) is 1. The Morgan fingerprint density at radius 2 is 2.12 bits per heavy atom. The Labute approximate surface area is 106 Å². The fraction of sp³-hybridized carbons (Fsp3) is 0.846. The van der Waals surface area contributed by atoms with E-state index in [0.717, 1.165) is 12.0 Å². The van der Waals surface area contributed by atoms with Crippen molar-refractivity contribution in [2.75, 3.05) is 26.7 Å². The number of rotatable bonds is 4. The summed E-state index contributed by atoms with van der Waals surface area (Å²) in [5.74, 6) is 0.890. The van der Waals surface area contributed by atoms with Crippen molar-refractivity contribution in [3.63, 3.8) is 0 Å². The van der Waals surface area contributed by atoms with E-state index in [1.54, 1.807) is 0 Å². The van der Waals surface area contributed by atoms with E-state index in [1.165, 1.54) is 51.7 Å². The second-order valence-electron chi connectivity index (χ2n) is 5.09. The lowest BCUT2D eigenvalue weighted by atomic mass is 9.94. The van der Waals surface area contributed by atoms with E-state index in [9.17, 15) is 0 Å². The summed E-state index contributed by atoms with van der Waals surface area (Å²) in [7, 11) is 2.25. The smallest absolute Gasteiger partial charge is 0.0218 e. The first-order valence-corrected chi connectivity index (χ1v) is 6.42. The summed E-state index contributed by atoms with van der Waals surface area (Å²) < 4.78 is 0. The van der Waals surface area contributed by atoms with E-state index in [-0.39, 0.29) is 12.4 Å². The van der Waals surface area contributed by atoms with Gasteiger partial charge in [0.05, 0.1) is 0 Å². The molecule has 0 aromatic carbocycles. The lowest BCUT2D eigenvalue weighted by Gasteiger charge is -2.23. The highest BCUT2D eigenvalue weighted by atomic mass is 35.5. The highest BCUT2D eigenvalue weighted by molar-refractivity contribution is 5.85. The average Bonchev–Trinajstić information content (AvgIpc) is 2.66. The molecule has 16 heavy (non-hydrogen) atoms. The second kappa shape index (κ2) is 7.31. The third kappa shape index (κ3) is 4.08. The van der Waals surface area contributed by atoms with Gasteiger partial charge in [0.1, 0.15) is 0 Å². The van der Waals surface area contributed by atoms with Crippen LogP contribution >= 0.6 is 12.4 Å². The molecule has 0 spiro atoms. The van der Waals surface area contributed by atoms with Crippen LogP contribution in [0.3, 0.4) is 0 Å². The van der Waals surface area contributed by atoms with Crippen LogP contribution in [0.2, 0.25) is 0 Å². The third-order valence-electron chi connectivity index (χ3n) is 3.86. The first-order valence-electron chi connectivity index (χ1n) is 6.42. The molecule has 2 aliphatic rings. The molecule has 0 aromatic rings. The van der Waals surface area contributed by atoms with Gasteiger partial charge in [-0.1, -0.05) is 12.2 Å². The fourth-order valence-electron chi connectivity index (χ4n) is 2.73. The van der Waals surface area contributed by atoms with Crippen LogP contribution < -0.4 is 5.32 Å². The predicted molar refractivity (Wildman–Crippen MR) is 72.3 cm³/mol. The Morgan fingerprint density at radius 3 is 2.75 bits per heavy atom. The van der Waals surface area contributed by atoms with Gasteiger partial charge in [0, 0.05) is 12.6 Å². The molecule has 1 saturated heterocycles. The predicted octanol–water partition coefficient (Wildman–Crippen LogP) is 2.45. The third-order valence-corrected chi connectivity index (χ3v) is 3.86. The van der Waals surface area contributed by atoms with Crippen molar-refractivity contribution >= 4 is 12.4 Å². The van der Waals surface area contributed by atoms with Gasteiger partial charge in [-0.05, 0) is 58.2 Å². The normalized spacial score (nSPS) is 30.3. The SMILES string of the molecule is CN1CCCC1CNCC1CC=CCC1.Cl. The van der Waals surface area contributed by atoms with Crippen LogP contribution in [-0.4, -0.2) is 37.6 Å². The summed E-state index contributed by atoms with van der Waals surface area (Å²) in [6.45, 7) is 3.70. The lowest BCUT2D eigenvalue weighted by Crippen LogP contribution is -2.37. The Kier molecular flexibility index (Phi) is 6.40. The molecule has 0 aromatic heterocycles. The van der Waals surface area contributed by atoms with Crippen molar-refractivity contribution in [1.82, 2.24) is 10.2 Å². The molecule has 0 saturated carbocycles. The highest BCUT2D eigenvalue weighted by Crippen LogP contribution is 2.17. The van der Waals surface area contributed by atoms with Gasteiger partial charge in [0.2, 0.25) is 0 Å². The topological polar surface area (TPSA) is 15.3 Å². The van der Waals surface area contributed by atoms with Crippen molar-refractivity contribution < 1.29 is 0 Å². The molecular formula is C13H25ClN2. The summed E-state index contributed by atoms with van der Waals surface area (Å²) in [6.07, 6.45) is 11.4. The maximum absolute atomic E-state index is 3.65. The fourth-order valence-corrected chi connectivity index (χ4v) is 2.73. The van der Waals surface area contributed by atoms with Gasteiger partial charge in [-0.25, -0.2) is 0 Å². The molecule has 0 bridgehead atoms. The Hall–Kier alpha value is -0.0500. The molecule has 2 unspecified atom stereocenters. The van der Waals surface area contributed by atoms with Crippen LogP contribution in [0.4, 0.5) is 0 Å². The zero-order valence-corrected chi connectivity index (χ0v) is 11.1. The molecule has 1 N–H and O–H groups in total. The number of allylic oxidation sites excluding steroid dienone is 2. The first-order chi connectivity index (χ1) is 7.36. The molecule has 1 fully saturated rings. The van der Waals surface area contributed by atoms with Crippen molar-refractivity contribution in [1.29, 1.82) is 0 Å². The summed E-state index contributed by atoms with van der Waals surface area (Å²) in [5.41, 5.74) is 0. The maximum Gasteiger partial charge on any atom is 0.0218 e. The molecule has 3 heteroatoms. The summed E-state index contributed by atoms with van der Waals surface area (Å²) in [5, 5.41) is 3.65. The largest absolute Gasteiger partial charge is 0.315 e. The molecule has 1 heterocycles. The molecule has 1 aliphatic heterocycles. The van der Waals surface area contributed by atoms with E-state index >= 15 is 0 Å². The van der Waals surface area contributed by atoms with Gasteiger partial charge in [-0.15, -0.1) is 12.4 Å². The number of likely N-dealkylation sites (tertiary alicyclic amines) is 1. The average molecular weight is 245 g/mol. The number of hydrogen-bond donors (Lipinski definition) is 1. The minimum absolute atomic E-state index is 0. The number of likely N-dealkylation sites (N-methyl/N-ethyl adjacent to an activating group) is 1. The van der Waals surface area contributed by atoms with Crippen LogP contribution in [0, 0.1) is 5.92 Å². The zero-order chi connectivity index (χ0) is 10.5. The molecule has 0 amide bonds. The molecular weight excluding hydrogens is 220 g/mol. The standard InChI is InChI=1S/C13H24N2.ClH/c1-15-9-5-8-13(15)11-14-10-12-6-3-2-4-7-12;/h2-3,12-14H,4-11H2,1H3;1H. The maximum atomic E-state index is 3.65. The minimum Gasteiger partial charge on any atom is -0.315 e. The van der Waals surface area contributed by atoms with E-state index in [2.05, 4.69) is 29.4 Å². The van der Waals surface area contributed by atoms with Crippen molar-refractivity contribution in [3.8, 4) is 0 Å². The molecule has 2 atom stereocenters. The Bertz CT molecular complexity index is 218. The quantitative estimate of drug-likeness (QED) is 0.765. The summed E-state index contributed by atoms with van der Waals surface area (Å²) >= 11 is 0. The number of hydrogen-bond acceptors (Lipinski definition) is 2. The summed E-state index contributed by atoms with van der Waals surface area (Å²) in [6, 6.07) is 0.795. The highest BCUT2D eigenvalue weighted by Gasteiger charge is 2.20. The van der Waals surface area contributed by atoms with E-state index in [4.69, 9.17) is 0 Å². The van der Waals surface area contributed by atoms with Crippen molar-refractivity contribution in [2.45, 2.75) is 38.1 Å². The van der Waals surface area contributed by atoms with Crippen LogP contribution in [0.15, 0.2) is 12.2 Å². The van der Waals surface area contributed by atoms with Crippen LogP contribution in [0.25, 0.3) is 0 Å². The monoisotopic (exact) mass is 244 g/mol. The minimum atomic E-state index is 0. The van der Waals surface area contributed by atoms with Gasteiger partial charge in [-0.2, -0.15) is 0 Å². The molecule has 0 radical (unpaired) electrons. The Balaban J connectivity index is 0.00000128. The van der Waals surface area contributed by atoms with Crippen LogP contribution in [-0.2, 0) is 0 Å². The van der Waals surface area contributed by atoms with Crippen LogP contribution in [0.5, 0.6) is 0 Å². The van der Waals surface area contributed by atoms with Crippen molar-refractivity contribution in [2.24, 2.45) is 5.92 Å². The van der Waals surface area contributed by atoms with Gasteiger partial charge >= 0.3 is 0 Å². The molecule has 2 nitrogen and oxygen atoms in total. The summed E-state index contributed by atoms with van der Waals surface area (Å²) in [4.78, 5) is 2.49. The van der Waals surface area contributed by atoms with E-state index in [1.807, 2.05) is 0 Å². The first kappa shape index (κ1) is 14.0. The number of halogens is 1. The van der Waals surface area contributed by atoms with Crippen molar-refractivity contribution in [3.05, 3.63) is 12.2 Å². The zero-order valence-electron chi connectivity index (χ0n) is 10.3.